The van der Waals surface area contributed by atoms with Crippen LogP contribution in [0.5, 0.6) is 0 Å². The van der Waals surface area contributed by atoms with Crippen LogP contribution in [-0.2, 0) is 9.59 Å². The van der Waals surface area contributed by atoms with E-state index in [2.05, 4.69) is 6.92 Å². The molecule has 1 aromatic carbocycles. The molecule has 1 saturated carbocycles. The molecular weight excluding hydrogens is 359 g/mol. The minimum atomic E-state index is -0.767. The van der Waals surface area contributed by atoms with Gasteiger partial charge in [-0.3, -0.25) is 9.59 Å². The first-order valence-electron chi connectivity index (χ1n) is 8.74. The van der Waals surface area contributed by atoms with Gasteiger partial charge in [-0.15, -0.1) is 0 Å². The van der Waals surface area contributed by atoms with Gasteiger partial charge in [0.05, 0.1) is 0 Å². The molecule has 136 valence electrons. The number of halogens is 2. The van der Waals surface area contributed by atoms with Crippen LogP contribution in [0, 0.1) is 11.3 Å². The highest BCUT2D eigenvalue weighted by molar-refractivity contribution is 6.34. The fourth-order valence-electron chi connectivity index (χ4n) is 3.68. The highest BCUT2D eigenvalue weighted by atomic mass is 35.5. The Balaban J connectivity index is 2.13. The van der Waals surface area contributed by atoms with Crippen LogP contribution in [0.1, 0.15) is 57.4 Å². The predicted octanol–water partition coefficient (Wildman–Crippen LogP) is 6.03. The van der Waals surface area contributed by atoms with Crippen molar-refractivity contribution in [2.24, 2.45) is 11.3 Å². The molecule has 1 aliphatic rings. The van der Waals surface area contributed by atoms with E-state index < -0.39 is 11.4 Å². The van der Waals surface area contributed by atoms with Gasteiger partial charge in [0.25, 0.3) is 0 Å². The van der Waals surface area contributed by atoms with E-state index in [0.29, 0.717) is 22.9 Å². The molecule has 2 rings (SSSR count). The average Bonchev–Trinajstić information content (AvgIpc) is 2.90. The van der Waals surface area contributed by atoms with Gasteiger partial charge in [-0.25, -0.2) is 0 Å². The van der Waals surface area contributed by atoms with Crippen molar-refractivity contribution in [2.45, 2.75) is 51.9 Å². The van der Waals surface area contributed by atoms with Crippen LogP contribution in [-0.4, -0.2) is 16.9 Å². The molecule has 0 heterocycles. The number of hydrogen-bond acceptors (Lipinski definition) is 2. The zero-order chi connectivity index (χ0) is 18.4. The van der Waals surface area contributed by atoms with Crippen molar-refractivity contribution < 1.29 is 14.7 Å². The Morgan fingerprint density at radius 3 is 2.52 bits per heavy atom. The van der Waals surface area contributed by atoms with Crippen LogP contribution in [0.25, 0.3) is 6.08 Å². The van der Waals surface area contributed by atoms with Crippen molar-refractivity contribution in [2.75, 3.05) is 0 Å². The summed E-state index contributed by atoms with van der Waals surface area (Å²) in [5.41, 5.74) is 0.424. The summed E-state index contributed by atoms with van der Waals surface area (Å²) < 4.78 is 0. The normalized spacial score (nSPS) is 21.8. The Labute approximate surface area is 159 Å². The molecule has 0 radical (unpaired) electrons. The first-order valence-corrected chi connectivity index (χ1v) is 9.49. The summed E-state index contributed by atoms with van der Waals surface area (Å²) in [6, 6.07) is 5.34. The van der Waals surface area contributed by atoms with Crippen LogP contribution in [0.4, 0.5) is 0 Å². The van der Waals surface area contributed by atoms with Gasteiger partial charge in [0.15, 0.2) is 0 Å². The second kappa shape index (κ2) is 8.86. The van der Waals surface area contributed by atoms with Crippen LogP contribution in [0.3, 0.4) is 0 Å². The van der Waals surface area contributed by atoms with Crippen LogP contribution in [0.2, 0.25) is 10.0 Å². The molecular formula is C20H24Cl2O3. The van der Waals surface area contributed by atoms with Gasteiger partial charge < -0.3 is 5.11 Å². The number of carboxylic acid groups (broad SMARTS) is 1. The molecule has 0 spiro atoms. The summed E-state index contributed by atoms with van der Waals surface area (Å²) in [4.78, 5) is 23.3. The molecule has 1 aromatic rings. The third-order valence-corrected chi connectivity index (χ3v) is 5.57. The molecule has 1 aliphatic carbocycles. The monoisotopic (exact) mass is 382 g/mol. The molecule has 0 bridgehead atoms. The molecule has 1 fully saturated rings. The highest BCUT2D eigenvalue weighted by Gasteiger charge is 2.43. The van der Waals surface area contributed by atoms with Crippen molar-refractivity contribution in [3.8, 4) is 0 Å². The number of ketones is 1. The summed E-state index contributed by atoms with van der Waals surface area (Å²) in [5, 5.41) is 9.89. The predicted molar refractivity (Wildman–Crippen MR) is 102 cm³/mol. The standard InChI is InChI=1S/C20H24Cl2O3/c1-14(5-2-3-7-19(24)25)20(9-4-6-18(20)23)10-8-15-11-16(21)13-17(22)12-15/h8,10-14H,2-7,9H2,1H3,(H,24,25)/b10-8+. The van der Waals surface area contributed by atoms with Gasteiger partial charge in [0.2, 0.25) is 0 Å². The van der Waals surface area contributed by atoms with Gasteiger partial charge in [0.1, 0.15) is 5.78 Å². The number of carboxylic acids is 1. The van der Waals surface area contributed by atoms with E-state index >= 15 is 0 Å². The van der Waals surface area contributed by atoms with E-state index in [4.69, 9.17) is 28.3 Å². The number of carbonyl (C=O) groups is 2. The molecule has 3 nitrogen and oxygen atoms in total. The fourth-order valence-corrected chi connectivity index (χ4v) is 4.22. The lowest BCUT2D eigenvalue weighted by molar-refractivity contribution is -0.137. The number of unbranched alkanes of at least 4 members (excludes halogenated alkanes) is 1. The number of benzene rings is 1. The van der Waals surface area contributed by atoms with Crippen LogP contribution >= 0.6 is 23.2 Å². The van der Waals surface area contributed by atoms with Crippen molar-refractivity contribution in [1.29, 1.82) is 0 Å². The zero-order valence-corrected chi connectivity index (χ0v) is 15.9. The molecule has 0 saturated heterocycles. The van der Waals surface area contributed by atoms with Crippen molar-refractivity contribution in [3.05, 3.63) is 39.9 Å². The SMILES string of the molecule is CC(CCCCC(=O)O)C1(/C=C/c2cc(Cl)cc(Cl)c2)CCCC1=O. The van der Waals surface area contributed by atoms with E-state index in [1.54, 1.807) is 6.07 Å². The lowest BCUT2D eigenvalue weighted by Crippen LogP contribution is -2.31. The molecule has 25 heavy (non-hydrogen) atoms. The van der Waals surface area contributed by atoms with Gasteiger partial charge in [-0.05, 0) is 55.4 Å². The summed E-state index contributed by atoms with van der Waals surface area (Å²) in [6.07, 6.45) is 8.82. The molecule has 5 heteroatoms. The summed E-state index contributed by atoms with van der Waals surface area (Å²) in [6.45, 7) is 2.10. The number of aliphatic carboxylic acids is 1. The molecule has 0 amide bonds. The van der Waals surface area contributed by atoms with E-state index in [0.717, 1.165) is 31.2 Å². The average molecular weight is 383 g/mol. The third kappa shape index (κ3) is 5.32. The van der Waals surface area contributed by atoms with Crippen molar-refractivity contribution in [1.82, 2.24) is 0 Å². The van der Waals surface area contributed by atoms with E-state index in [1.807, 2.05) is 24.3 Å². The van der Waals surface area contributed by atoms with Gasteiger partial charge in [0, 0.05) is 28.3 Å². The van der Waals surface area contributed by atoms with Crippen LogP contribution in [0.15, 0.2) is 24.3 Å². The summed E-state index contributed by atoms with van der Waals surface area (Å²) >= 11 is 12.1. The van der Waals surface area contributed by atoms with Crippen LogP contribution < -0.4 is 0 Å². The third-order valence-electron chi connectivity index (χ3n) is 5.13. The first-order chi connectivity index (χ1) is 11.8. The van der Waals surface area contributed by atoms with Gasteiger partial charge in [-0.2, -0.15) is 0 Å². The van der Waals surface area contributed by atoms with E-state index in [1.165, 1.54) is 0 Å². The molecule has 2 atom stereocenters. The van der Waals surface area contributed by atoms with Crippen molar-refractivity contribution >= 4 is 41.0 Å². The molecule has 0 aromatic heterocycles. The second-order valence-electron chi connectivity index (χ2n) is 6.89. The Bertz CT molecular complexity index is 649. The second-order valence-corrected chi connectivity index (χ2v) is 7.77. The topological polar surface area (TPSA) is 54.4 Å². The van der Waals surface area contributed by atoms with E-state index in [9.17, 15) is 9.59 Å². The first kappa shape index (κ1) is 20.0. The maximum atomic E-state index is 12.6. The lowest BCUT2D eigenvalue weighted by atomic mass is 9.71. The van der Waals surface area contributed by atoms with E-state index in [-0.39, 0.29) is 18.1 Å². The number of rotatable bonds is 8. The molecule has 1 N–H and O–H groups in total. The highest BCUT2D eigenvalue weighted by Crippen LogP contribution is 2.45. The largest absolute Gasteiger partial charge is 0.481 e. The van der Waals surface area contributed by atoms with Crippen molar-refractivity contribution in [3.63, 3.8) is 0 Å². The number of hydrogen-bond donors (Lipinski definition) is 1. The Hall–Kier alpha value is -1.32. The number of carbonyl (C=O) groups excluding carboxylic acids is 1. The Morgan fingerprint density at radius 2 is 1.96 bits per heavy atom. The quantitative estimate of drug-likeness (QED) is 0.558. The Morgan fingerprint density at radius 1 is 1.28 bits per heavy atom. The fraction of sp³-hybridized carbons (Fsp3) is 0.500. The zero-order valence-electron chi connectivity index (χ0n) is 14.4. The smallest absolute Gasteiger partial charge is 0.303 e. The maximum Gasteiger partial charge on any atom is 0.303 e. The number of allylic oxidation sites excluding steroid dienone is 1. The Kier molecular flexibility index (Phi) is 7.09. The lowest BCUT2D eigenvalue weighted by Gasteiger charge is -2.31. The number of Topliss-reactive ketones (excluding diaryl/α,β-unsaturated/α-hetero) is 1. The van der Waals surface area contributed by atoms with Gasteiger partial charge >= 0.3 is 5.97 Å². The summed E-state index contributed by atoms with van der Waals surface area (Å²) in [7, 11) is 0. The molecule has 2 unspecified atom stereocenters. The summed E-state index contributed by atoms with van der Waals surface area (Å²) in [5.74, 6) is -0.304. The minimum absolute atomic E-state index is 0.183. The minimum Gasteiger partial charge on any atom is -0.481 e. The molecule has 0 aliphatic heterocycles. The maximum absolute atomic E-state index is 12.6. The van der Waals surface area contributed by atoms with Gasteiger partial charge in [-0.1, -0.05) is 48.7 Å².